The number of piperidine rings is 1. The predicted octanol–water partition coefficient (Wildman–Crippen LogP) is 4.34. The molecule has 164 valence electrons. The van der Waals surface area contributed by atoms with Gasteiger partial charge in [0.05, 0.1) is 17.6 Å². The smallest absolute Gasteiger partial charge is 0.416 e. The van der Waals surface area contributed by atoms with Crippen LogP contribution in [0.5, 0.6) is 0 Å². The van der Waals surface area contributed by atoms with Gasteiger partial charge in [-0.1, -0.05) is 24.3 Å². The molecule has 0 aliphatic carbocycles. The molecule has 3 rings (SSSR count). The number of carbonyl (C=O) groups is 1. The van der Waals surface area contributed by atoms with Crippen LogP contribution in [0.4, 0.5) is 13.2 Å². The van der Waals surface area contributed by atoms with Crippen molar-refractivity contribution in [2.75, 3.05) is 19.7 Å². The number of esters is 1. The van der Waals surface area contributed by atoms with Crippen LogP contribution in [-0.2, 0) is 32.2 Å². The van der Waals surface area contributed by atoms with E-state index in [1.54, 1.807) is 24.4 Å². The van der Waals surface area contributed by atoms with Crippen LogP contribution in [0.25, 0.3) is 0 Å². The molecule has 1 aliphatic heterocycles. The van der Waals surface area contributed by atoms with Crippen molar-refractivity contribution >= 4 is 27.3 Å². The number of benzene rings is 1. The minimum atomic E-state index is -4.48. The minimum Gasteiger partial charge on any atom is -0.466 e. The number of ether oxygens (including phenoxy) is 1. The Kier molecular flexibility index (Phi) is 6.59. The summed E-state index contributed by atoms with van der Waals surface area (Å²) in [5.41, 5.74) is -1.48. The zero-order valence-electron chi connectivity index (χ0n) is 16.3. The lowest BCUT2D eigenvalue weighted by Gasteiger charge is -2.39. The fraction of sp³-hybridized carbons (Fsp3) is 0.450. The molecular formula is C20H22F3NO4S2. The summed E-state index contributed by atoms with van der Waals surface area (Å²) in [6.07, 6.45) is -4.08. The van der Waals surface area contributed by atoms with E-state index in [9.17, 15) is 26.4 Å². The minimum absolute atomic E-state index is 0.0582. The molecule has 0 atom stereocenters. The van der Waals surface area contributed by atoms with Gasteiger partial charge in [0.2, 0.25) is 0 Å². The summed E-state index contributed by atoms with van der Waals surface area (Å²) < 4.78 is 71.5. The molecule has 1 aromatic heterocycles. The lowest BCUT2D eigenvalue weighted by Crippen LogP contribution is -2.48. The highest BCUT2D eigenvalue weighted by Gasteiger charge is 2.45. The quantitative estimate of drug-likeness (QED) is 0.601. The molecule has 30 heavy (non-hydrogen) atoms. The van der Waals surface area contributed by atoms with Gasteiger partial charge >= 0.3 is 12.1 Å². The maximum Gasteiger partial charge on any atom is 0.416 e. The van der Waals surface area contributed by atoms with Crippen LogP contribution in [0.3, 0.4) is 0 Å². The summed E-state index contributed by atoms with van der Waals surface area (Å²) in [6.45, 7) is 1.99. The maximum absolute atomic E-state index is 13.1. The van der Waals surface area contributed by atoms with Gasteiger partial charge in [-0.2, -0.15) is 17.5 Å². The van der Waals surface area contributed by atoms with Crippen LogP contribution in [0.2, 0.25) is 0 Å². The second-order valence-corrected chi connectivity index (χ2v) is 10.3. The van der Waals surface area contributed by atoms with Gasteiger partial charge in [-0.25, -0.2) is 8.42 Å². The van der Waals surface area contributed by atoms with E-state index in [2.05, 4.69) is 0 Å². The summed E-state index contributed by atoms with van der Waals surface area (Å²) in [5.74, 6) is -0.504. The average molecular weight is 462 g/mol. The molecule has 10 heteroatoms. The van der Waals surface area contributed by atoms with Gasteiger partial charge in [-0.3, -0.25) is 4.79 Å². The van der Waals surface area contributed by atoms with Crippen LogP contribution < -0.4 is 0 Å². The summed E-state index contributed by atoms with van der Waals surface area (Å²) >= 11 is 1.12. The summed E-state index contributed by atoms with van der Waals surface area (Å²) in [5, 5.41) is 1.67. The van der Waals surface area contributed by atoms with E-state index in [1.807, 2.05) is 0 Å². The number of halogens is 3. The Labute approximate surface area is 177 Å². The van der Waals surface area contributed by atoms with Crippen molar-refractivity contribution < 1.29 is 31.1 Å². The maximum atomic E-state index is 13.1. The van der Waals surface area contributed by atoms with Crippen molar-refractivity contribution in [2.24, 2.45) is 5.41 Å². The monoisotopic (exact) mass is 461 g/mol. The third kappa shape index (κ3) is 4.70. The van der Waals surface area contributed by atoms with E-state index in [0.717, 1.165) is 23.5 Å². The standard InChI is InChI=1S/C20H22F3NO4S2/c1-2-28-18(25)19(14-15-5-3-6-16(13-15)20(21,22)23)8-10-24(11-9-19)30(26,27)17-7-4-12-29-17/h3-7,12-13H,2,8-11,14H2,1H3. The van der Waals surface area contributed by atoms with E-state index >= 15 is 0 Å². The van der Waals surface area contributed by atoms with E-state index in [-0.39, 0.29) is 43.2 Å². The number of hydrogen-bond acceptors (Lipinski definition) is 5. The summed E-state index contributed by atoms with van der Waals surface area (Å²) in [7, 11) is -3.65. The third-order valence-electron chi connectivity index (χ3n) is 5.27. The Bertz CT molecular complexity index is 980. The van der Waals surface area contributed by atoms with Gasteiger partial charge in [0.25, 0.3) is 10.0 Å². The molecule has 2 aromatic rings. The fourth-order valence-corrected chi connectivity index (χ4v) is 6.26. The predicted molar refractivity (Wildman–Crippen MR) is 107 cm³/mol. The van der Waals surface area contributed by atoms with Crippen LogP contribution in [0, 0.1) is 5.41 Å². The van der Waals surface area contributed by atoms with Crippen LogP contribution >= 0.6 is 11.3 Å². The number of alkyl halides is 3. The Hall–Kier alpha value is -1.91. The van der Waals surface area contributed by atoms with Crippen molar-refractivity contribution in [1.82, 2.24) is 4.31 Å². The first-order valence-electron chi connectivity index (χ1n) is 9.45. The van der Waals surface area contributed by atoms with E-state index < -0.39 is 33.1 Å². The zero-order chi connectivity index (χ0) is 22.0. The number of rotatable bonds is 6. The lowest BCUT2D eigenvalue weighted by molar-refractivity contribution is -0.158. The van der Waals surface area contributed by atoms with Crippen molar-refractivity contribution in [2.45, 2.75) is 36.6 Å². The number of hydrogen-bond donors (Lipinski definition) is 0. The Balaban J connectivity index is 1.84. The van der Waals surface area contributed by atoms with Crippen molar-refractivity contribution in [3.05, 3.63) is 52.9 Å². The molecular weight excluding hydrogens is 439 g/mol. The van der Waals surface area contributed by atoms with Crippen molar-refractivity contribution in [1.29, 1.82) is 0 Å². The molecule has 2 heterocycles. The third-order valence-corrected chi connectivity index (χ3v) is 8.55. The average Bonchev–Trinajstić information content (AvgIpc) is 3.24. The lowest BCUT2D eigenvalue weighted by atomic mass is 9.74. The largest absolute Gasteiger partial charge is 0.466 e. The second kappa shape index (κ2) is 8.68. The van der Waals surface area contributed by atoms with Crippen molar-refractivity contribution in [3.8, 4) is 0 Å². The molecule has 0 saturated carbocycles. The van der Waals surface area contributed by atoms with Crippen LogP contribution in [-0.4, -0.2) is 38.4 Å². The number of thiophene rings is 1. The first-order valence-corrected chi connectivity index (χ1v) is 11.8. The SMILES string of the molecule is CCOC(=O)C1(Cc2cccc(C(F)(F)F)c2)CCN(S(=O)(=O)c2cccs2)CC1. The van der Waals surface area contributed by atoms with Gasteiger partial charge in [-0.15, -0.1) is 11.3 Å². The first-order chi connectivity index (χ1) is 14.1. The highest BCUT2D eigenvalue weighted by molar-refractivity contribution is 7.91. The fourth-order valence-electron chi connectivity index (χ4n) is 3.68. The number of nitrogens with zero attached hydrogens (tertiary/aromatic N) is 1. The Morgan fingerprint density at radius 2 is 1.90 bits per heavy atom. The van der Waals surface area contributed by atoms with Crippen LogP contribution in [0.15, 0.2) is 46.0 Å². The Morgan fingerprint density at radius 3 is 2.47 bits per heavy atom. The normalized spacial score (nSPS) is 17.6. The summed E-state index contributed by atoms with van der Waals surface area (Å²) in [6, 6.07) is 8.05. The molecule has 1 aromatic carbocycles. The Morgan fingerprint density at radius 1 is 1.20 bits per heavy atom. The van der Waals surface area contributed by atoms with E-state index in [1.165, 1.54) is 16.4 Å². The van der Waals surface area contributed by atoms with Gasteiger partial charge in [0.1, 0.15) is 4.21 Å². The second-order valence-electron chi connectivity index (χ2n) is 7.21. The zero-order valence-corrected chi connectivity index (χ0v) is 17.9. The van der Waals surface area contributed by atoms with E-state index in [4.69, 9.17) is 4.74 Å². The van der Waals surface area contributed by atoms with Crippen molar-refractivity contribution in [3.63, 3.8) is 0 Å². The highest BCUT2D eigenvalue weighted by Crippen LogP contribution is 2.39. The molecule has 0 radical (unpaired) electrons. The topological polar surface area (TPSA) is 63.7 Å². The molecule has 0 spiro atoms. The molecule has 0 unspecified atom stereocenters. The highest BCUT2D eigenvalue weighted by atomic mass is 32.2. The molecule has 1 fully saturated rings. The van der Waals surface area contributed by atoms with Gasteiger partial charge in [-0.05, 0) is 49.3 Å². The molecule has 0 bridgehead atoms. The molecule has 5 nitrogen and oxygen atoms in total. The number of carbonyl (C=O) groups excluding carboxylic acids is 1. The molecule has 0 amide bonds. The van der Waals surface area contributed by atoms with E-state index in [0.29, 0.717) is 5.56 Å². The van der Waals surface area contributed by atoms with Gasteiger partial charge in [0, 0.05) is 13.1 Å². The molecule has 0 N–H and O–H groups in total. The van der Waals surface area contributed by atoms with Gasteiger partial charge < -0.3 is 4.74 Å². The summed E-state index contributed by atoms with van der Waals surface area (Å²) in [4.78, 5) is 12.8. The molecule has 1 aliphatic rings. The first kappa shape index (κ1) is 22.8. The van der Waals surface area contributed by atoms with Crippen LogP contribution in [0.1, 0.15) is 30.9 Å². The molecule has 1 saturated heterocycles. The van der Waals surface area contributed by atoms with Gasteiger partial charge in [0.15, 0.2) is 0 Å². The number of sulfonamides is 1.